The van der Waals surface area contributed by atoms with E-state index in [0.717, 1.165) is 0 Å². The van der Waals surface area contributed by atoms with Crippen molar-refractivity contribution in [1.82, 2.24) is 0 Å². The average molecular weight is 442 g/mol. The van der Waals surface area contributed by atoms with Gasteiger partial charge in [0, 0.05) is 10.2 Å². The minimum atomic E-state index is -1.06. The molecule has 128 valence electrons. The van der Waals surface area contributed by atoms with Crippen LogP contribution in [0.15, 0.2) is 40.9 Å². The summed E-state index contributed by atoms with van der Waals surface area (Å²) in [5, 5.41) is 11.8. The van der Waals surface area contributed by atoms with Crippen molar-refractivity contribution in [2.75, 3.05) is 5.32 Å². The van der Waals surface area contributed by atoms with Gasteiger partial charge in [-0.3, -0.25) is 4.79 Å². The van der Waals surface area contributed by atoms with E-state index in [1.807, 2.05) is 6.07 Å². The first-order valence-electron chi connectivity index (χ1n) is 6.98. The standard InChI is InChI=1S/C17H11BrCl2N2O3/c1-9(25-17(24)13-6-11(18)3-5-14(13)19)16(23)22-12-4-2-10(8-21)15(20)7-12/h2-7,9H,1H3,(H,22,23). The summed E-state index contributed by atoms with van der Waals surface area (Å²) in [6.07, 6.45) is -1.06. The van der Waals surface area contributed by atoms with Gasteiger partial charge in [-0.15, -0.1) is 0 Å². The van der Waals surface area contributed by atoms with Gasteiger partial charge in [0.2, 0.25) is 0 Å². The lowest BCUT2D eigenvalue weighted by Gasteiger charge is -2.14. The quantitative estimate of drug-likeness (QED) is 0.690. The minimum absolute atomic E-state index is 0.150. The van der Waals surface area contributed by atoms with Crippen LogP contribution in [0.25, 0.3) is 0 Å². The summed E-state index contributed by atoms with van der Waals surface area (Å²) in [6.45, 7) is 1.43. The van der Waals surface area contributed by atoms with Crippen LogP contribution < -0.4 is 5.32 Å². The highest BCUT2D eigenvalue weighted by atomic mass is 79.9. The molecule has 2 aromatic carbocycles. The number of hydrogen-bond donors (Lipinski definition) is 1. The zero-order valence-corrected chi connectivity index (χ0v) is 15.9. The highest BCUT2D eigenvalue weighted by Gasteiger charge is 2.21. The van der Waals surface area contributed by atoms with Crippen LogP contribution in [0, 0.1) is 11.3 Å². The fraction of sp³-hybridized carbons (Fsp3) is 0.118. The SMILES string of the molecule is CC(OC(=O)c1cc(Br)ccc1Cl)C(=O)Nc1ccc(C#N)c(Cl)c1. The van der Waals surface area contributed by atoms with Crippen molar-refractivity contribution in [2.45, 2.75) is 13.0 Å². The first-order chi connectivity index (χ1) is 11.8. The van der Waals surface area contributed by atoms with Gasteiger partial charge in [-0.1, -0.05) is 39.1 Å². The monoisotopic (exact) mass is 440 g/mol. The summed E-state index contributed by atoms with van der Waals surface area (Å²) >= 11 is 15.1. The molecule has 25 heavy (non-hydrogen) atoms. The molecule has 1 unspecified atom stereocenters. The van der Waals surface area contributed by atoms with E-state index in [0.29, 0.717) is 15.7 Å². The number of ether oxygens (including phenoxy) is 1. The largest absolute Gasteiger partial charge is 0.449 e. The predicted molar refractivity (Wildman–Crippen MR) is 98.8 cm³/mol. The number of benzene rings is 2. The first kappa shape index (κ1) is 19.3. The van der Waals surface area contributed by atoms with E-state index >= 15 is 0 Å². The number of esters is 1. The number of carbonyl (C=O) groups excluding carboxylic acids is 2. The van der Waals surface area contributed by atoms with E-state index < -0.39 is 18.0 Å². The molecular weight excluding hydrogens is 431 g/mol. The molecule has 0 aliphatic heterocycles. The van der Waals surface area contributed by atoms with E-state index in [4.69, 9.17) is 33.2 Å². The van der Waals surface area contributed by atoms with Crippen LogP contribution in [0.3, 0.4) is 0 Å². The number of nitrogens with one attached hydrogen (secondary N) is 1. The van der Waals surface area contributed by atoms with Gasteiger partial charge in [-0.2, -0.15) is 5.26 Å². The van der Waals surface area contributed by atoms with Gasteiger partial charge < -0.3 is 10.1 Å². The maximum absolute atomic E-state index is 12.2. The van der Waals surface area contributed by atoms with E-state index in [1.165, 1.54) is 31.2 Å². The molecule has 1 amide bonds. The number of nitriles is 1. The zero-order chi connectivity index (χ0) is 18.6. The van der Waals surface area contributed by atoms with Gasteiger partial charge in [-0.05, 0) is 43.3 Å². The van der Waals surface area contributed by atoms with Gasteiger partial charge in [0.05, 0.1) is 21.2 Å². The van der Waals surface area contributed by atoms with Gasteiger partial charge in [0.1, 0.15) is 6.07 Å². The Morgan fingerprint density at radius 3 is 2.56 bits per heavy atom. The van der Waals surface area contributed by atoms with Gasteiger partial charge in [-0.25, -0.2) is 4.79 Å². The molecule has 1 atom stereocenters. The number of hydrogen-bond acceptors (Lipinski definition) is 4. The molecule has 0 saturated heterocycles. The van der Waals surface area contributed by atoms with Gasteiger partial charge in [0.15, 0.2) is 6.10 Å². The fourth-order valence-electron chi connectivity index (χ4n) is 1.86. The molecule has 8 heteroatoms. The Morgan fingerprint density at radius 2 is 1.92 bits per heavy atom. The lowest BCUT2D eigenvalue weighted by atomic mass is 10.2. The topological polar surface area (TPSA) is 79.2 Å². The minimum Gasteiger partial charge on any atom is -0.449 e. The molecule has 0 aromatic heterocycles. The molecule has 0 heterocycles. The lowest BCUT2D eigenvalue weighted by Crippen LogP contribution is -2.30. The number of rotatable bonds is 4. The predicted octanol–water partition coefficient (Wildman–Crippen LogP) is 4.81. The van der Waals surface area contributed by atoms with Crippen molar-refractivity contribution >= 4 is 56.7 Å². The fourth-order valence-corrected chi connectivity index (χ4v) is 2.64. The first-order valence-corrected chi connectivity index (χ1v) is 8.53. The Hall–Kier alpha value is -2.07. The molecule has 0 aliphatic rings. The summed E-state index contributed by atoms with van der Waals surface area (Å²) in [6, 6.07) is 11.1. The molecule has 0 fully saturated rings. The highest BCUT2D eigenvalue weighted by molar-refractivity contribution is 9.10. The summed E-state index contributed by atoms with van der Waals surface area (Å²) in [7, 11) is 0. The molecular formula is C17H11BrCl2N2O3. The van der Waals surface area contributed by atoms with E-state index in [9.17, 15) is 9.59 Å². The Labute approximate surface area is 162 Å². The third-order valence-corrected chi connectivity index (χ3v) is 4.29. The molecule has 0 radical (unpaired) electrons. The average Bonchev–Trinajstić information content (AvgIpc) is 2.57. The van der Waals surface area contributed by atoms with Crippen LogP contribution in [0.4, 0.5) is 5.69 Å². The highest BCUT2D eigenvalue weighted by Crippen LogP contribution is 2.23. The van der Waals surface area contributed by atoms with Crippen LogP contribution in [0.2, 0.25) is 10.0 Å². The van der Waals surface area contributed by atoms with E-state index in [2.05, 4.69) is 21.2 Å². The maximum Gasteiger partial charge on any atom is 0.340 e. The van der Waals surface area contributed by atoms with Crippen LogP contribution in [0.1, 0.15) is 22.8 Å². The molecule has 0 bridgehead atoms. The second kappa shape index (κ2) is 8.34. The van der Waals surface area contributed by atoms with Gasteiger partial charge in [0.25, 0.3) is 5.91 Å². The Bertz CT molecular complexity index is 881. The van der Waals surface area contributed by atoms with Crippen molar-refractivity contribution in [3.05, 3.63) is 62.0 Å². The normalized spacial score (nSPS) is 11.3. The van der Waals surface area contributed by atoms with Crippen LogP contribution in [-0.4, -0.2) is 18.0 Å². The van der Waals surface area contributed by atoms with Crippen molar-refractivity contribution in [3.8, 4) is 6.07 Å². The van der Waals surface area contributed by atoms with Crippen LogP contribution in [0.5, 0.6) is 0 Å². The molecule has 0 aliphatic carbocycles. The smallest absolute Gasteiger partial charge is 0.340 e. The number of amides is 1. The zero-order valence-electron chi connectivity index (χ0n) is 12.8. The summed E-state index contributed by atoms with van der Waals surface area (Å²) in [5.74, 6) is -1.26. The van der Waals surface area contributed by atoms with E-state index in [1.54, 1.807) is 12.1 Å². The third kappa shape index (κ3) is 4.95. The maximum atomic E-state index is 12.2. The summed E-state index contributed by atoms with van der Waals surface area (Å²) in [5.41, 5.74) is 0.831. The van der Waals surface area contributed by atoms with Crippen molar-refractivity contribution in [2.24, 2.45) is 0 Å². The van der Waals surface area contributed by atoms with Crippen molar-refractivity contribution in [3.63, 3.8) is 0 Å². The Kier molecular flexibility index (Phi) is 6.43. The second-order valence-electron chi connectivity index (χ2n) is 4.97. The lowest BCUT2D eigenvalue weighted by molar-refractivity contribution is -0.123. The van der Waals surface area contributed by atoms with Crippen molar-refractivity contribution in [1.29, 1.82) is 5.26 Å². The molecule has 0 saturated carbocycles. The molecule has 5 nitrogen and oxygen atoms in total. The molecule has 2 rings (SSSR count). The number of carbonyl (C=O) groups is 2. The Morgan fingerprint density at radius 1 is 1.20 bits per heavy atom. The number of nitrogens with zero attached hydrogens (tertiary/aromatic N) is 1. The van der Waals surface area contributed by atoms with Crippen molar-refractivity contribution < 1.29 is 14.3 Å². The second-order valence-corrected chi connectivity index (χ2v) is 6.70. The van der Waals surface area contributed by atoms with Crippen LogP contribution >= 0.6 is 39.1 Å². The summed E-state index contributed by atoms with van der Waals surface area (Å²) in [4.78, 5) is 24.3. The number of halogens is 3. The molecule has 1 N–H and O–H groups in total. The molecule has 0 spiro atoms. The summed E-state index contributed by atoms with van der Waals surface area (Å²) < 4.78 is 5.80. The number of anilines is 1. The molecule has 2 aromatic rings. The van der Waals surface area contributed by atoms with E-state index in [-0.39, 0.29) is 15.6 Å². The van der Waals surface area contributed by atoms with Crippen LogP contribution in [-0.2, 0) is 9.53 Å². The van der Waals surface area contributed by atoms with Gasteiger partial charge >= 0.3 is 5.97 Å². The third-order valence-electron chi connectivity index (χ3n) is 3.16. The Balaban J connectivity index is 2.05.